The van der Waals surface area contributed by atoms with Crippen molar-refractivity contribution in [3.63, 3.8) is 0 Å². The Labute approximate surface area is 412 Å². The maximum atomic E-state index is 13.7. The van der Waals surface area contributed by atoms with E-state index in [0.717, 1.165) is 65.2 Å². The third-order valence-electron chi connectivity index (χ3n) is 15.7. The number of hydrogen-bond acceptors (Lipinski definition) is 6. The fraction of sp³-hybridized carbons (Fsp3) is 0.691. The van der Waals surface area contributed by atoms with Gasteiger partial charge in [0.15, 0.2) is 5.78 Å². The summed E-state index contributed by atoms with van der Waals surface area (Å²) in [7, 11) is 1.33. The second-order valence-electron chi connectivity index (χ2n) is 21.1. The van der Waals surface area contributed by atoms with Gasteiger partial charge >= 0.3 is 35.0 Å². The Morgan fingerprint density at radius 1 is 0.818 bits per heavy atom. The minimum Gasteiger partial charge on any atom is -0.684 e. The molecule has 4 aliphatic rings. The third kappa shape index (κ3) is 12.0. The molecule has 2 aromatic rings. The zero-order chi connectivity index (χ0) is 47.3. The summed E-state index contributed by atoms with van der Waals surface area (Å²) >= 11 is 0. The molecule has 0 saturated carbocycles. The first-order valence-electron chi connectivity index (χ1n) is 25.3. The van der Waals surface area contributed by atoms with Crippen LogP contribution in [-0.2, 0) is 25.5 Å². The van der Waals surface area contributed by atoms with E-state index < -0.39 is 17.9 Å². The topological polar surface area (TPSA) is 146 Å². The maximum absolute atomic E-state index is 13.7. The number of fused-ring (bicyclic) bond motifs is 8. The number of aromatic nitrogens is 2. The standard InChI is InChI=1S/C55H81N4O6.Mg/c1-13-39-34(7)41-29-46-48(38(11)60)36(9)43(57-46)27-42-35(8)40(52(58-42)50-51(55(63)64-12)54(62)49-37(10)44(59-53(49)50)28-45(39)56-41)23-24-47(61)65-26-25-33(6)22-16-21-32(5)20-15-19-31(4)18-14-17-30(2)3;/h27-28,30-35,39-41,51-52H,13-26,29H2,1-12H3,(H2,57,60,62);/q-3;+2/p-1/b42-27-,45-28-;/t31-,32-,33?,34-,35+,39-,40+,41+,51-,52+;/m1./s1. The number of hydrogen-bond donors (Lipinski definition) is 1. The van der Waals surface area contributed by atoms with Crippen molar-refractivity contribution in [2.75, 3.05) is 13.7 Å². The van der Waals surface area contributed by atoms with Crippen LogP contribution < -0.4 is 20.5 Å². The van der Waals surface area contributed by atoms with Crippen molar-refractivity contribution in [2.45, 2.75) is 178 Å². The first-order valence-corrected chi connectivity index (χ1v) is 25.3. The van der Waals surface area contributed by atoms with Crippen molar-refractivity contribution >= 4 is 64.3 Å². The first kappa shape index (κ1) is 53.5. The van der Waals surface area contributed by atoms with Crippen LogP contribution in [-0.4, -0.2) is 71.7 Å². The van der Waals surface area contributed by atoms with Gasteiger partial charge in [0.1, 0.15) is 11.7 Å². The molecule has 1 unspecified atom stereocenters. The average molecular weight is 918 g/mol. The molecule has 360 valence electrons. The van der Waals surface area contributed by atoms with Crippen molar-refractivity contribution in [1.29, 1.82) is 0 Å². The van der Waals surface area contributed by atoms with E-state index in [-0.39, 0.29) is 76.7 Å². The molecule has 11 heteroatoms. The summed E-state index contributed by atoms with van der Waals surface area (Å²) in [5.41, 5.74) is 6.66. The Bertz CT molecular complexity index is 2220. The normalized spacial score (nSPS) is 26.1. The number of nitrogens with zero attached hydrogens (tertiary/aromatic N) is 4. The van der Waals surface area contributed by atoms with Crippen molar-refractivity contribution in [3.05, 3.63) is 66.4 Å². The van der Waals surface area contributed by atoms with Gasteiger partial charge in [0.25, 0.3) is 0 Å². The smallest absolute Gasteiger partial charge is 0.684 e. The van der Waals surface area contributed by atoms with Crippen molar-refractivity contribution < 1.29 is 29.0 Å². The van der Waals surface area contributed by atoms with E-state index in [0.29, 0.717) is 58.5 Å². The number of ketones is 1. The van der Waals surface area contributed by atoms with Crippen LogP contribution in [0.3, 0.4) is 0 Å². The van der Waals surface area contributed by atoms with Gasteiger partial charge in [-0.1, -0.05) is 167 Å². The summed E-state index contributed by atoms with van der Waals surface area (Å²) in [6, 6.07) is -0.663. The van der Waals surface area contributed by atoms with Crippen molar-refractivity contribution in [3.8, 4) is 0 Å². The van der Waals surface area contributed by atoms with Gasteiger partial charge in [-0.15, -0.1) is 28.5 Å². The second-order valence-corrected chi connectivity index (χ2v) is 21.1. The quantitative estimate of drug-likeness (QED) is 0.0740. The molecule has 5 heterocycles. The van der Waals surface area contributed by atoms with Crippen molar-refractivity contribution in [2.24, 2.45) is 53.3 Å². The first-order chi connectivity index (χ1) is 30.9. The maximum Gasteiger partial charge on any atom is 2.00 e. The predicted octanol–water partition coefficient (Wildman–Crippen LogP) is 10.8. The monoisotopic (exact) mass is 917 g/mol. The molecule has 8 bridgehead atoms. The molecule has 0 aromatic carbocycles. The molecule has 66 heavy (non-hydrogen) atoms. The van der Waals surface area contributed by atoms with Gasteiger partial charge in [0, 0.05) is 17.2 Å². The number of Topliss-reactive ketones (excluding diaryl/α,β-unsaturated/α-hetero) is 1. The largest absolute Gasteiger partial charge is 2.00 e. The summed E-state index contributed by atoms with van der Waals surface area (Å²) < 4.78 is 11.2. The summed E-state index contributed by atoms with van der Waals surface area (Å²) in [6.07, 6.45) is 18.5. The fourth-order valence-electron chi connectivity index (χ4n) is 11.5. The van der Waals surface area contributed by atoms with E-state index in [9.17, 15) is 19.5 Å². The number of esters is 2. The van der Waals surface area contributed by atoms with Crippen LogP contribution in [0.5, 0.6) is 0 Å². The summed E-state index contributed by atoms with van der Waals surface area (Å²) in [4.78, 5) is 50.7. The van der Waals surface area contributed by atoms with Gasteiger partial charge in [-0.3, -0.25) is 14.4 Å². The Balaban J connectivity index is 0.00000817. The zero-order valence-corrected chi connectivity index (χ0v) is 44.0. The second kappa shape index (κ2) is 23.7. The van der Waals surface area contributed by atoms with Crippen LogP contribution in [0.15, 0.2) is 11.4 Å². The fourth-order valence-corrected chi connectivity index (χ4v) is 11.5. The molecule has 2 saturated heterocycles. The van der Waals surface area contributed by atoms with E-state index in [1.807, 2.05) is 26.0 Å². The van der Waals surface area contributed by atoms with Crippen LogP contribution in [0.1, 0.15) is 184 Å². The number of carbonyl (C=O) groups excluding carboxylic acids is 3. The molecule has 0 spiro atoms. The molecule has 1 N–H and O–H groups in total. The molecule has 10 nitrogen and oxygen atoms in total. The van der Waals surface area contributed by atoms with E-state index in [1.54, 1.807) is 6.92 Å². The van der Waals surface area contributed by atoms with Gasteiger partial charge in [-0.25, -0.2) is 0 Å². The van der Waals surface area contributed by atoms with Gasteiger partial charge in [0.05, 0.1) is 13.7 Å². The van der Waals surface area contributed by atoms with Crippen LogP contribution >= 0.6 is 0 Å². The van der Waals surface area contributed by atoms with Gasteiger partial charge in [-0.05, 0) is 75.0 Å². The van der Waals surface area contributed by atoms with Crippen LogP contribution in [0.4, 0.5) is 0 Å². The Kier molecular flexibility index (Phi) is 19.2. The number of allylic oxidation sites excluding steroid dienone is 2. The Hall–Kier alpha value is -3.44. The Morgan fingerprint density at radius 3 is 2.00 bits per heavy atom. The van der Waals surface area contributed by atoms with Crippen LogP contribution in [0, 0.1) is 67.1 Å². The number of rotatable bonds is 21. The van der Waals surface area contributed by atoms with Gasteiger partial charge in [-0.2, -0.15) is 11.4 Å². The van der Waals surface area contributed by atoms with E-state index in [1.165, 1.54) is 58.5 Å². The summed E-state index contributed by atoms with van der Waals surface area (Å²) in [6.45, 7) is 24.1. The minimum atomic E-state index is -1.08. The van der Waals surface area contributed by atoms with E-state index in [2.05, 4.69) is 55.4 Å². The number of methoxy groups -OCH3 is 1. The summed E-state index contributed by atoms with van der Waals surface area (Å²) in [5.74, 6) is 0.820. The van der Waals surface area contributed by atoms with Gasteiger partial charge in [0.2, 0.25) is 0 Å². The molecule has 1 aliphatic carbocycles. The van der Waals surface area contributed by atoms with Crippen LogP contribution in [0.25, 0.3) is 34.1 Å². The van der Waals surface area contributed by atoms with Gasteiger partial charge < -0.3 is 35.2 Å². The van der Waals surface area contributed by atoms with Crippen molar-refractivity contribution in [1.82, 2.24) is 9.97 Å². The Morgan fingerprint density at radius 2 is 1.41 bits per heavy atom. The third-order valence-corrected chi connectivity index (χ3v) is 15.7. The molecule has 0 radical (unpaired) electrons. The number of ether oxygens (including phenoxy) is 2. The molecule has 6 rings (SSSR count). The van der Waals surface area contributed by atoms with E-state index in [4.69, 9.17) is 30.1 Å². The molecular formula is C55H80MgN4O6-2. The molecule has 0 amide bonds. The number of carbonyl (C=O) groups is 3. The number of aliphatic hydroxyl groups excluding tert-OH is 1. The van der Waals surface area contributed by atoms with Crippen LogP contribution in [0.2, 0.25) is 0 Å². The number of aliphatic hydroxyl groups is 1. The van der Waals surface area contributed by atoms with E-state index >= 15 is 0 Å². The molecule has 2 aromatic heterocycles. The SMILES string of the molecule is CC[C@H]1/C2=C/c3[n-]c4c(c3C)=C(O)[C@H](C(=O)OC)C=4[C@H]3[N-]/C(=C\c4[n-]c(c(C(C)=O)c4C)C[C@H]([N-]2)[C@@H]1C)[C@@H](C)[C@@H]3CCC(=O)OCCC(C)CCC[C@H](C)CCC[C@H](C)CCCC(C)C.[Mg+2]. The summed E-state index contributed by atoms with van der Waals surface area (Å²) in [5, 5.41) is 23.6. The minimum absolute atomic E-state index is 0. The average Bonchev–Trinajstić information content (AvgIpc) is 4.00. The molecule has 2 fully saturated rings. The molecular weight excluding hydrogens is 837 g/mol. The molecule has 10 atom stereocenters. The zero-order valence-electron chi connectivity index (χ0n) is 42.6. The predicted molar refractivity (Wildman–Crippen MR) is 267 cm³/mol. The molecule has 3 aliphatic heterocycles.